The molecule has 2 rings (SSSR count). The number of carbonyl (C=O) groups is 1. The first-order chi connectivity index (χ1) is 10.5. The summed E-state index contributed by atoms with van der Waals surface area (Å²) in [4.78, 5) is 14.7. The number of amides is 1. The van der Waals surface area contributed by atoms with E-state index in [1.165, 1.54) is 0 Å². The molecule has 0 fully saturated rings. The second kappa shape index (κ2) is 7.61. The molecule has 1 aromatic carbocycles. The average Bonchev–Trinajstić information content (AvgIpc) is 2.90. The summed E-state index contributed by atoms with van der Waals surface area (Å²) in [6, 6.07) is 3.42. The van der Waals surface area contributed by atoms with Crippen LogP contribution in [-0.2, 0) is 4.79 Å². The number of hydrogen-bond donors (Lipinski definition) is 4. The Labute approximate surface area is 146 Å². The predicted molar refractivity (Wildman–Crippen MR) is 91.0 cm³/mol. The molecule has 1 heterocycles. The van der Waals surface area contributed by atoms with E-state index in [1.54, 1.807) is 18.3 Å². The van der Waals surface area contributed by atoms with Crippen molar-refractivity contribution in [3.63, 3.8) is 0 Å². The summed E-state index contributed by atoms with van der Waals surface area (Å²) in [5.41, 5.74) is 8.47. The molecule has 8 nitrogen and oxygen atoms in total. The second-order valence-corrected chi connectivity index (χ2v) is 6.58. The van der Waals surface area contributed by atoms with Gasteiger partial charge < -0.3 is 10.8 Å². The molecule has 22 heavy (non-hydrogen) atoms. The SMILES string of the molecule is NC(=O)CSc1n[nH]c(N/N=C\c2cc(Br)c(O)c(Br)c2)n1. The number of nitrogens with zero attached hydrogens (tertiary/aromatic N) is 3. The van der Waals surface area contributed by atoms with E-state index in [4.69, 9.17) is 5.73 Å². The van der Waals surface area contributed by atoms with Crippen LogP contribution in [-0.4, -0.2) is 38.2 Å². The molecule has 11 heteroatoms. The summed E-state index contributed by atoms with van der Waals surface area (Å²) in [7, 11) is 0. The average molecular weight is 450 g/mol. The minimum Gasteiger partial charge on any atom is -0.506 e. The maximum atomic E-state index is 10.7. The quantitative estimate of drug-likeness (QED) is 0.303. The number of halogens is 2. The Morgan fingerprint density at radius 2 is 2.18 bits per heavy atom. The second-order valence-electron chi connectivity index (χ2n) is 3.92. The Hall–Kier alpha value is -1.59. The molecule has 0 atom stereocenters. The van der Waals surface area contributed by atoms with Gasteiger partial charge in [0.2, 0.25) is 17.0 Å². The molecule has 1 amide bonds. The van der Waals surface area contributed by atoms with E-state index in [2.05, 4.69) is 57.6 Å². The molecule has 116 valence electrons. The molecule has 0 bridgehead atoms. The number of H-pyrrole nitrogens is 1. The van der Waals surface area contributed by atoms with Gasteiger partial charge in [0.25, 0.3) is 0 Å². The number of aromatic hydroxyl groups is 1. The van der Waals surface area contributed by atoms with Crippen LogP contribution in [0.25, 0.3) is 0 Å². The minimum atomic E-state index is -0.439. The van der Waals surface area contributed by atoms with Gasteiger partial charge in [-0.1, -0.05) is 11.8 Å². The summed E-state index contributed by atoms with van der Waals surface area (Å²) >= 11 is 7.59. The lowest BCUT2D eigenvalue weighted by atomic mass is 10.2. The van der Waals surface area contributed by atoms with Gasteiger partial charge in [-0.25, -0.2) is 10.5 Å². The lowest BCUT2D eigenvalue weighted by molar-refractivity contribution is -0.115. The monoisotopic (exact) mass is 448 g/mol. The lowest BCUT2D eigenvalue weighted by Gasteiger charge is -2.01. The van der Waals surface area contributed by atoms with E-state index in [9.17, 15) is 9.90 Å². The molecule has 0 aliphatic heterocycles. The van der Waals surface area contributed by atoms with Gasteiger partial charge in [0.05, 0.1) is 20.9 Å². The Morgan fingerprint density at radius 3 is 2.82 bits per heavy atom. The topological polar surface area (TPSA) is 129 Å². The van der Waals surface area contributed by atoms with E-state index in [0.29, 0.717) is 20.1 Å². The van der Waals surface area contributed by atoms with Crippen LogP contribution in [0.3, 0.4) is 0 Å². The summed E-state index contributed by atoms with van der Waals surface area (Å²) in [5, 5.41) is 20.5. The summed E-state index contributed by atoms with van der Waals surface area (Å²) in [6.07, 6.45) is 1.55. The standard InChI is InChI=1S/C11H10Br2N6O2S/c12-6-1-5(2-7(13)9(6)21)3-15-17-10-16-11(19-18-10)22-4-8(14)20/h1-3,21H,4H2,(H2,14,20)(H2,16,17,18,19)/b15-3-. The number of hydrogen-bond acceptors (Lipinski definition) is 7. The van der Waals surface area contributed by atoms with Gasteiger partial charge in [0.1, 0.15) is 5.75 Å². The van der Waals surface area contributed by atoms with E-state index < -0.39 is 5.91 Å². The smallest absolute Gasteiger partial charge is 0.240 e. The molecule has 5 N–H and O–H groups in total. The van der Waals surface area contributed by atoms with Crippen molar-refractivity contribution in [1.29, 1.82) is 0 Å². The fourth-order valence-corrected chi connectivity index (χ4v) is 3.08. The van der Waals surface area contributed by atoms with Gasteiger partial charge in [-0.05, 0) is 49.6 Å². The third kappa shape index (κ3) is 4.71. The number of thioether (sulfide) groups is 1. The van der Waals surface area contributed by atoms with Crippen molar-refractivity contribution in [1.82, 2.24) is 15.2 Å². The summed E-state index contributed by atoms with van der Waals surface area (Å²) in [5.74, 6) is 0.123. The van der Waals surface area contributed by atoms with Crippen molar-refractivity contribution >= 4 is 61.7 Å². The van der Waals surface area contributed by atoms with Crippen LogP contribution in [0.2, 0.25) is 0 Å². The highest BCUT2D eigenvalue weighted by molar-refractivity contribution is 9.11. The highest BCUT2D eigenvalue weighted by atomic mass is 79.9. The summed E-state index contributed by atoms with van der Waals surface area (Å²) < 4.78 is 1.10. The Morgan fingerprint density at radius 1 is 1.50 bits per heavy atom. The zero-order chi connectivity index (χ0) is 16.1. The fourth-order valence-electron chi connectivity index (χ4n) is 1.32. The van der Waals surface area contributed by atoms with Crippen molar-refractivity contribution in [2.75, 3.05) is 11.2 Å². The van der Waals surface area contributed by atoms with Crippen LogP contribution in [0.15, 0.2) is 31.3 Å². The summed E-state index contributed by atoms with van der Waals surface area (Å²) in [6.45, 7) is 0. The fraction of sp³-hybridized carbons (Fsp3) is 0.0909. The number of anilines is 1. The molecule has 0 saturated carbocycles. The maximum Gasteiger partial charge on any atom is 0.240 e. The van der Waals surface area contributed by atoms with E-state index in [-0.39, 0.29) is 11.5 Å². The molecule has 0 saturated heterocycles. The van der Waals surface area contributed by atoms with Gasteiger partial charge >= 0.3 is 0 Å². The maximum absolute atomic E-state index is 10.7. The number of carbonyl (C=O) groups excluding carboxylic acids is 1. The van der Waals surface area contributed by atoms with Crippen LogP contribution in [0.1, 0.15) is 5.56 Å². The predicted octanol–water partition coefficient (Wildman–Crippen LogP) is 2.06. The highest BCUT2D eigenvalue weighted by Crippen LogP contribution is 2.32. The van der Waals surface area contributed by atoms with E-state index in [0.717, 1.165) is 17.3 Å². The van der Waals surface area contributed by atoms with E-state index >= 15 is 0 Å². The molecule has 0 aliphatic carbocycles. The molecule has 0 unspecified atom stereocenters. The first kappa shape index (κ1) is 16.8. The Balaban J connectivity index is 1.96. The van der Waals surface area contributed by atoms with Crippen LogP contribution in [0, 0.1) is 0 Å². The number of nitrogens with one attached hydrogen (secondary N) is 2. The number of nitrogens with two attached hydrogens (primary N) is 1. The number of rotatable bonds is 6. The highest BCUT2D eigenvalue weighted by Gasteiger charge is 2.06. The Kier molecular flexibility index (Phi) is 5.80. The normalized spacial score (nSPS) is 11.0. The van der Waals surface area contributed by atoms with Crippen LogP contribution in [0.4, 0.5) is 5.95 Å². The van der Waals surface area contributed by atoms with Crippen molar-refractivity contribution < 1.29 is 9.90 Å². The van der Waals surface area contributed by atoms with Gasteiger partial charge in [-0.2, -0.15) is 10.1 Å². The Bertz CT molecular complexity index is 697. The molecule has 2 aromatic rings. The largest absolute Gasteiger partial charge is 0.506 e. The zero-order valence-corrected chi connectivity index (χ0v) is 14.9. The van der Waals surface area contributed by atoms with E-state index in [1.807, 2.05) is 0 Å². The molecule has 1 aromatic heterocycles. The van der Waals surface area contributed by atoms with Crippen molar-refractivity contribution in [2.24, 2.45) is 10.8 Å². The molecular formula is C11H10Br2N6O2S. The van der Waals surface area contributed by atoms with Crippen LogP contribution >= 0.6 is 43.6 Å². The van der Waals surface area contributed by atoms with Gasteiger partial charge in [0, 0.05) is 0 Å². The van der Waals surface area contributed by atoms with Crippen molar-refractivity contribution in [3.05, 3.63) is 26.6 Å². The van der Waals surface area contributed by atoms with Crippen LogP contribution in [0.5, 0.6) is 5.75 Å². The number of benzene rings is 1. The first-order valence-corrected chi connectivity index (χ1v) is 8.33. The lowest BCUT2D eigenvalue weighted by Crippen LogP contribution is -2.13. The zero-order valence-electron chi connectivity index (χ0n) is 10.9. The number of hydrazone groups is 1. The van der Waals surface area contributed by atoms with Crippen LogP contribution < -0.4 is 11.2 Å². The molecule has 0 spiro atoms. The molecule has 0 aliphatic rings. The number of aromatic amines is 1. The number of phenolic OH excluding ortho intramolecular Hbond substituents is 1. The third-order valence-electron chi connectivity index (χ3n) is 2.23. The molecular weight excluding hydrogens is 440 g/mol. The molecule has 0 radical (unpaired) electrons. The van der Waals surface area contributed by atoms with Gasteiger partial charge in [-0.15, -0.1) is 5.10 Å². The minimum absolute atomic E-state index is 0.107. The number of phenols is 1. The van der Waals surface area contributed by atoms with Gasteiger partial charge in [-0.3, -0.25) is 4.79 Å². The van der Waals surface area contributed by atoms with Crippen molar-refractivity contribution in [3.8, 4) is 5.75 Å². The van der Waals surface area contributed by atoms with Crippen molar-refractivity contribution in [2.45, 2.75) is 5.16 Å². The van der Waals surface area contributed by atoms with Gasteiger partial charge in [0.15, 0.2) is 0 Å². The number of aromatic nitrogens is 3. The first-order valence-electron chi connectivity index (χ1n) is 5.76. The third-order valence-corrected chi connectivity index (χ3v) is 4.31. The number of primary amides is 1.